The summed E-state index contributed by atoms with van der Waals surface area (Å²) in [6, 6.07) is 11.3. The Morgan fingerprint density at radius 2 is 2.08 bits per heavy atom. The standard InChI is InChI=1S/C18H17N5O3/c1-12-14(7-8-17(24)25)10-20-23(12)15-9-16(22-18(19)21-15)26-11-13-5-3-2-4-6-13/h2-10H,11H2,1H3,(H,24,25)(H2,19,21,22)/p-1/b8-7+. The van der Waals surface area contributed by atoms with Crippen LogP contribution in [-0.4, -0.2) is 25.7 Å². The maximum Gasteiger partial charge on any atom is 0.225 e. The van der Waals surface area contributed by atoms with Gasteiger partial charge in [0, 0.05) is 11.6 Å². The summed E-state index contributed by atoms with van der Waals surface area (Å²) < 4.78 is 7.22. The fraction of sp³-hybridized carbons (Fsp3) is 0.111. The number of nitrogen functional groups attached to an aromatic ring is 1. The van der Waals surface area contributed by atoms with Crippen molar-refractivity contribution in [2.24, 2.45) is 0 Å². The van der Waals surface area contributed by atoms with E-state index in [0.717, 1.165) is 11.6 Å². The molecule has 0 atom stereocenters. The summed E-state index contributed by atoms with van der Waals surface area (Å²) in [6.07, 6.45) is 3.88. The molecule has 0 aliphatic heterocycles. The van der Waals surface area contributed by atoms with Crippen LogP contribution in [0.2, 0.25) is 0 Å². The van der Waals surface area contributed by atoms with Crippen molar-refractivity contribution in [2.45, 2.75) is 13.5 Å². The van der Waals surface area contributed by atoms with Crippen LogP contribution < -0.4 is 15.6 Å². The van der Waals surface area contributed by atoms with Crippen molar-refractivity contribution >= 4 is 18.0 Å². The van der Waals surface area contributed by atoms with Gasteiger partial charge in [-0.2, -0.15) is 15.1 Å². The number of carboxylic acids is 1. The van der Waals surface area contributed by atoms with Crippen LogP contribution in [-0.2, 0) is 11.4 Å². The zero-order chi connectivity index (χ0) is 18.5. The molecule has 2 aromatic heterocycles. The number of nitrogens with two attached hydrogens (primary N) is 1. The Labute approximate surface area is 149 Å². The van der Waals surface area contributed by atoms with Gasteiger partial charge in [0.25, 0.3) is 0 Å². The molecule has 0 bridgehead atoms. The van der Waals surface area contributed by atoms with Gasteiger partial charge >= 0.3 is 0 Å². The van der Waals surface area contributed by atoms with E-state index in [0.29, 0.717) is 29.6 Å². The number of nitrogens with zero attached hydrogens (tertiary/aromatic N) is 4. The molecule has 0 amide bonds. The molecule has 0 fully saturated rings. The lowest BCUT2D eigenvalue weighted by Gasteiger charge is -2.09. The Balaban J connectivity index is 1.85. The van der Waals surface area contributed by atoms with E-state index < -0.39 is 5.97 Å². The Hall–Kier alpha value is -3.68. The molecule has 0 spiro atoms. The number of anilines is 1. The maximum absolute atomic E-state index is 10.6. The topological polar surface area (TPSA) is 119 Å². The minimum Gasteiger partial charge on any atom is -0.545 e. The van der Waals surface area contributed by atoms with Crippen LogP contribution >= 0.6 is 0 Å². The van der Waals surface area contributed by atoms with Crippen molar-refractivity contribution in [3.63, 3.8) is 0 Å². The predicted molar refractivity (Wildman–Crippen MR) is 93.1 cm³/mol. The summed E-state index contributed by atoms with van der Waals surface area (Å²) in [5, 5.41) is 14.8. The number of hydrogen-bond acceptors (Lipinski definition) is 7. The monoisotopic (exact) mass is 350 g/mol. The largest absolute Gasteiger partial charge is 0.545 e. The lowest BCUT2D eigenvalue weighted by atomic mass is 10.2. The van der Waals surface area contributed by atoms with Crippen LogP contribution in [0, 0.1) is 6.92 Å². The van der Waals surface area contributed by atoms with E-state index in [1.165, 1.54) is 17.0 Å². The van der Waals surface area contributed by atoms with Gasteiger partial charge in [-0.25, -0.2) is 4.68 Å². The smallest absolute Gasteiger partial charge is 0.225 e. The predicted octanol–water partition coefficient (Wildman–Crippen LogP) is 0.895. The summed E-state index contributed by atoms with van der Waals surface area (Å²) in [5.74, 6) is -0.489. The number of hydrogen-bond donors (Lipinski definition) is 1. The van der Waals surface area contributed by atoms with Crippen LogP contribution in [0.5, 0.6) is 5.88 Å². The number of carbonyl (C=O) groups is 1. The number of aliphatic carboxylic acids is 1. The van der Waals surface area contributed by atoms with E-state index in [2.05, 4.69) is 15.1 Å². The van der Waals surface area contributed by atoms with Crippen molar-refractivity contribution < 1.29 is 14.6 Å². The Morgan fingerprint density at radius 3 is 2.81 bits per heavy atom. The average molecular weight is 350 g/mol. The Morgan fingerprint density at radius 1 is 1.31 bits per heavy atom. The molecule has 2 heterocycles. The van der Waals surface area contributed by atoms with Crippen LogP contribution in [0.3, 0.4) is 0 Å². The van der Waals surface area contributed by atoms with Crippen LogP contribution in [0.4, 0.5) is 5.95 Å². The van der Waals surface area contributed by atoms with Gasteiger partial charge in [-0.1, -0.05) is 30.3 Å². The van der Waals surface area contributed by atoms with Crippen molar-refractivity contribution in [1.82, 2.24) is 19.7 Å². The van der Waals surface area contributed by atoms with Crippen molar-refractivity contribution in [3.05, 3.63) is 65.5 Å². The molecule has 8 nitrogen and oxygen atoms in total. The Bertz CT molecular complexity index is 951. The quantitative estimate of drug-likeness (QED) is 0.656. The fourth-order valence-electron chi connectivity index (χ4n) is 2.32. The van der Waals surface area contributed by atoms with Crippen LogP contribution in [0.1, 0.15) is 16.8 Å². The number of carbonyl (C=O) groups excluding carboxylic acids is 1. The second-order valence-electron chi connectivity index (χ2n) is 5.45. The number of benzene rings is 1. The molecule has 0 aliphatic rings. The summed E-state index contributed by atoms with van der Waals surface area (Å²) >= 11 is 0. The SMILES string of the molecule is Cc1c(/C=C/C(=O)[O-])cnn1-c1cc(OCc2ccccc2)nc(N)n1. The molecule has 132 valence electrons. The van der Waals surface area contributed by atoms with E-state index >= 15 is 0 Å². The van der Waals surface area contributed by atoms with Crippen molar-refractivity contribution in [1.29, 1.82) is 0 Å². The minimum atomic E-state index is -1.28. The molecule has 0 radical (unpaired) electrons. The van der Waals surface area contributed by atoms with E-state index in [9.17, 15) is 9.90 Å². The average Bonchev–Trinajstić information content (AvgIpc) is 2.99. The van der Waals surface area contributed by atoms with Gasteiger partial charge in [0.15, 0.2) is 5.82 Å². The van der Waals surface area contributed by atoms with Gasteiger partial charge in [-0.3, -0.25) is 0 Å². The molecular formula is C18H16N5O3-. The summed E-state index contributed by atoms with van der Waals surface area (Å²) in [6.45, 7) is 2.12. The summed E-state index contributed by atoms with van der Waals surface area (Å²) in [5.41, 5.74) is 8.09. The highest BCUT2D eigenvalue weighted by molar-refractivity contribution is 5.83. The molecule has 26 heavy (non-hydrogen) atoms. The molecule has 3 aromatic rings. The minimum absolute atomic E-state index is 0.0484. The molecule has 0 aliphatic carbocycles. The van der Waals surface area contributed by atoms with Crippen molar-refractivity contribution in [3.8, 4) is 11.7 Å². The number of aromatic nitrogens is 4. The van der Waals surface area contributed by atoms with Crippen molar-refractivity contribution in [2.75, 3.05) is 5.73 Å². The third-order valence-electron chi connectivity index (χ3n) is 3.60. The van der Waals surface area contributed by atoms with E-state index in [1.54, 1.807) is 13.0 Å². The van der Waals surface area contributed by atoms with Gasteiger partial charge in [0.05, 0.1) is 17.9 Å². The van der Waals surface area contributed by atoms with Gasteiger partial charge in [0.2, 0.25) is 11.8 Å². The van der Waals surface area contributed by atoms with E-state index in [1.807, 2.05) is 30.3 Å². The zero-order valence-electron chi connectivity index (χ0n) is 14.0. The van der Waals surface area contributed by atoms with Gasteiger partial charge < -0.3 is 20.4 Å². The van der Waals surface area contributed by atoms with Gasteiger partial charge in [0.1, 0.15) is 6.61 Å². The first-order valence-corrected chi connectivity index (χ1v) is 7.78. The first-order valence-electron chi connectivity index (χ1n) is 7.78. The molecule has 0 saturated heterocycles. The zero-order valence-corrected chi connectivity index (χ0v) is 14.0. The fourth-order valence-corrected chi connectivity index (χ4v) is 2.32. The van der Waals surface area contributed by atoms with E-state index in [4.69, 9.17) is 10.5 Å². The molecule has 8 heteroatoms. The molecule has 3 rings (SSSR count). The molecule has 2 N–H and O–H groups in total. The lowest BCUT2D eigenvalue weighted by Crippen LogP contribution is -2.18. The molecule has 1 aromatic carbocycles. The number of carboxylic acid groups (broad SMARTS) is 1. The second kappa shape index (κ2) is 7.47. The van der Waals surface area contributed by atoms with Gasteiger partial charge in [-0.05, 0) is 24.6 Å². The lowest BCUT2D eigenvalue weighted by molar-refractivity contribution is -0.297. The van der Waals surface area contributed by atoms with Gasteiger partial charge in [-0.15, -0.1) is 0 Å². The first kappa shape index (κ1) is 17.2. The third-order valence-corrected chi connectivity index (χ3v) is 3.60. The van der Waals surface area contributed by atoms with Crippen LogP contribution in [0.25, 0.3) is 11.9 Å². The van der Waals surface area contributed by atoms with Crippen LogP contribution in [0.15, 0.2) is 48.7 Å². The highest BCUT2D eigenvalue weighted by Gasteiger charge is 2.11. The second-order valence-corrected chi connectivity index (χ2v) is 5.45. The Kier molecular flexibility index (Phi) is 4.93. The molecule has 0 saturated carbocycles. The number of rotatable bonds is 6. The molecule has 0 unspecified atom stereocenters. The molecular weight excluding hydrogens is 334 g/mol. The highest BCUT2D eigenvalue weighted by Crippen LogP contribution is 2.19. The maximum atomic E-state index is 10.6. The number of ether oxygens (including phenoxy) is 1. The normalized spacial score (nSPS) is 11.0. The summed E-state index contributed by atoms with van der Waals surface area (Å²) in [4.78, 5) is 18.8. The summed E-state index contributed by atoms with van der Waals surface area (Å²) in [7, 11) is 0. The third kappa shape index (κ3) is 4.04. The van der Waals surface area contributed by atoms with E-state index in [-0.39, 0.29) is 5.95 Å². The highest BCUT2D eigenvalue weighted by atomic mass is 16.5. The first-order chi connectivity index (χ1) is 12.5.